The maximum absolute atomic E-state index is 12.7. The standard InChI is InChI=1S/C19H27N3O5S/c1-25-9-8-22-17(23)13-28-19(22)4-6-21(7-5-19)18(24)20-14-10-15(26-2)12-16(11-14)27-3/h10-12H,4-9,13H2,1-3H3,(H,20,24). The van der Waals surface area contributed by atoms with Crippen molar-refractivity contribution in [2.24, 2.45) is 0 Å². The van der Waals surface area contributed by atoms with Crippen LogP contribution in [0.3, 0.4) is 0 Å². The van der Waals surface area contributed by atoms with Crippen LogP contribution in [0.15, 0.2) is 18.2 Å². The van der Waals surface area contributed by atoms with E-state index in [0.717, 1.165) is 12.8 Å². The van der Waals surface area contributed by atoms with Crippen molar-refractivity contribution in [3.63, 3.8) is 0 Å². The zero-order valence-electron chi connectivity index (χ0n) is 16.5. The summed E-state index contributed by atoms with van der Waals surface area (Å²) in [6, 6.07) is 5.10. The van der Waals surface area contributed by atoms with Gasteiger partial charge in [0.05, 0.1) is 31.5 Å². The van der Waals surface area contributed by atoms with Crippen LogP contribution in [-0.2, 0) is 9.53 Å². The number of nitrogens with zero attached hydrogens (tertiary/aromatic N) is 2. The molecule has 2 heterocycles. The van der Waals surface area contributed by atoms with Crippen LogP contribution in [0, 0.1) is 0 Å². The molecule has 0 radical (unpaired) electrons. The summed E-state index contributed by atoms with van der Waals surface area (Å²) in [6.07, 6.45) is 1.50. The third-order valence-corrected chi connectivity index (χ3v) is 6.77. The Morgan fingerprint density at radius 3 is 2.36 bits per heavy atom. The highest BCUT2D eigenvalue weighted by molar-refractivity contribution is 8.01. The minimum absolute atomic E-state index is 0.156. The molecule has 8 nitrogen and oxygen atoms in total. The Kier molecular flexibility index (Phi) is 6.56. The van der Waals surface area contributed by atoms with E-state index in [1.165, 1.54) is 0 Å². The largest absolute Gasteiger partial charge is 0.497 e. The number of rotatable bonds is 6. The fourth-order valence-corrected chi connectivity index (χ4v) is 5.01. The predicted molar refractivity (Wildman–Crippen MR) is 108 cm³/mol. The molecular formula is C19H27N3O5S. The Morgan fingerprint density at radius 2 is 1.79 bits per heavy atom. The average molecular weight is 410 g/mol. The van der Waals surface area contributed by atoms with Gasteiger partial charge in [-0.05, 0) is 12.8 Å². The number of methoxy groups -OCH3 is 3. The quantitative estimate of drug-likeness (QED) is 0.776. The van der Waals surface area contributed by atoms with E-state index in [4.69, 9.17) is 14.2 Å². The van der Waals surface area contributed by atoms with Gasteiger partial charge in [0.25, 0.3) is 0 Å². The van der Waals surface area contributed by atoms with Gasteiger partial charge in [-0.25, -0.2) is 4.79 Å². The highest BCUT2D eigenvalue weighted by Gasteiger charge is 2.48. The summed E-state index contributed by atoms with van der Waals surface area (Å²) in [6.45, 7) is 2.31. The summed E-state index contributed by atoms with van der Waals surface area (Å²) in [5.74, 6) is 1.88. The fourth-order valence-electron chi connectivity index (χ4n) is 3.65. The van der Waals surface area contributed by atoms with Crippen molar-refractivity contribution in [3.8, 4) is 11.5 Å². The highest BCUT2D eigenvalue weighted by atomic mass is 32.2. The highest BCUT2D eigenvalue weighted by Crippen LogP contribution is 2.44. The summed E-state index contributed by atoms with van der Waals surface area (Å²) in [7, 11) is 4.78. The molecule has 3 rings (SSSR count). The van der Waals surface area contributed by atoms with E-state index in [-0.39, 0.29) is 16.8 Å². The van der Waals surface area contributed by atoms with E-state index in [1.807, 2.05) is 4.90 Å². The number of anilines is 1. The van der Waals surface area contributed by atoms with Gasteiger partial charge in [-0.1, -0.05) is 0 Å². The van der Waals surface area contributed by atoms with E-state index >= 15 is 0 Å². The molecule has 0 unspecified atom stereocenters. The SMILES string of the molecule is COCCN1C(=O)CSC12CCN(C(=O)Nc1cc(OC)cc(OC)c1)CC2. The van der Waals surface area contributed by atoms with Gasteiger partial charge >= 0.3 is 6.03 Å². The molecule has 2 aliphatic heterocycles. The van der Waals surface area contributed by atoms with Crippen molar-refractivity contribution in [2.45, 2.75) is 17.7 Å². The molecule has 154 valence electrons. The van der Waals surface area contributed by atoms with Crippen LogP contribution in [0.5, 0.6) is 11.5 Å². The normalized spacial score (nSPS) is 18.5. The number of hydrogen-bond donors (Lipinski definition) is 1. The lowest BCUT2D eigenvalue weighted by molar-refractivity contribution is -0.131. The fraction of sp³-hybridized carbons (Fsp3) is 0.579. The molecule has 1 aromatic carbocycles. The first-order valence-corrected chi connectivity index (χ1v) is 10.2. The number of ether oxygens (including phenoxy) is 3. The molecule has 0 bridgehead atoms. The third kappa shape index (κ3) is 4.30. The number of carbonyl (C=O) groups is 2. The van der Waals surface area contributed by atoms with E-state index in [1.54, 1.807) is 56.2 Å². The second kappa shape index (κ2) is 8.91. The summed E-state index contributed by atoms with van der Waals surface area (Å²) in [5, 5.41) is 2.91. The molecule has 9 heteroatoms. The van der Waals surface area contributed by atoms with Crippen molar-refractivity contribution < 1.29 is 23.8 Å². The Hall–Kier alpha value is -2.13. The van der Waals surface area contributed by atoms with Gasteiger partial charge in [0.1, 0.15) is 11.5 Å². The lowest BCUT2D eigenvalue weighted by Crippen LogP contribution is -2.54. The molecule has 0 saturated carbocycles. The Balaban J connectivity index is 1.62. The van der Waals surface area contributed by atoms with Crippen LogP contribution in [0.4, 0.5) is 10.5 Å². The summed E-state index contributed by atoms with van der Waals surface area (Å²) >= 11 is 1.69. The number of carbonyl (C=O) groups excluding carboxylic acids is 2. The molecule has 2 saturated heterocycles. The molecule has 28 heavy (non-hydrogen) atoms. The Bertz CT molecular complexity index is 699. The second-order valence-corrected chi connectivity index (χ2v) is 8.13. The van der Waals surface area contributed by atoms with Gasteiger partial charge in [0, 0.05) is 50.6 Å². The third-order valence-electron chi connectivity index (χ3n) is 5.21. The van der Waals surface area contributed by atoms with E-state index in [0.29, 0.717) is 49.2 Å². The first-order chi connectivity index (χ1) is 13.5. The zero-order chi connectivity index (χ0) is 20.1. The molecule has 3 amide bonds. The zero-order valence-corrected chi connectivity index (χ0v) is 17.3. The summed E-state index contributed by atoms with van der Waals surface area (Å²) in [4.78, 5) is 28.5. The van der Waals surface area contributed by atoms with Gasteiger partial charge in [0.15, 0.2) is 0 Å². The monoisotopic (exact) mass is 409 g/mol. The van der Waals surface area contributed by atoms with E-state index in [2.05, 4.69) is 5.32 Å². The first-order valence-electron chi connectivity index (χ1n) is 9.23. The lowest BCUT2D eigenvalue weighted by atomic mass is 10.0. The van der Waals surface area contributed by atoms with Gasteiger partial charge in [-0.2, -0.15) is 0 Å². The molecular weight excluding hydrogens is 382 g/mol. The number of hydrogen-bond acceptors (Lipinski definition) is 6. The van der Waals surface area contributed by atoms with Gasteiger partial charge in [-0.3, -0.25) is 4.79 Å². The number of nitrogens with one attached hydrogen (secondary N) is 1. The van der Waals surface area contributed by atoms with Crippen molar-refractivity contribution in [2.75, 3.05) is 58.6 Å². The van der Waals surface area contributed by atoms with Crippen molar-refractivity contribution in [3.05, 3.63) is 18.2 Å². The van der Waals surface area contributed by atoms with Crippen LogP contribution in [0.2, 0.25) is 0 Å². The van der Waals surface area contributed by atoms with Gasteiger partial charge < -0.3 is 29.3 Å². The van der Waals surface area contributed by atoms with Crippen LogP contribution >= 0.6 is 11.8 Å². The average Bonchev–Trinajstić information content (AvgIpc) is 3.01. The smallest absolute Gasteiger partial charge is 0.321 e. The number of amides is 3. The number of urea groups is 1. The second-order valence-electron chi connectivity index (χ2n) is 6.79. The molecule has 0 aromatic heterocycles. The van der Waals surface area contributed by atoms with Crippen LogP contribution < -0.4 is 14.8 Å². The molecule has 0 atom stereocenters. The van der Waals surface area contributed by atoms with Crippen molar-refractivity contribution in [1.29, 1.82) is 0 Å². The Labute approximate surface area is 169 Å². The minimum Gasteiger partial charge on any atom is -0.497 e. The number of piperidine rings is 1. The number of likely N-dealkylation sites (tertiary alicyclic amines) is 1. The van der Waals surface area contributed by atoms with Crippen LogP contribution in [-0.4, -0.2) is 79.9 Å². The minimum atomic E-state index is -0.217. The van der Waals surface area contributed by atoms with Crippen LogP contribution in [0.25, 0.3) is 0 Å². The molecule has 2 aliphatic rings. The predicted octanol–water partition coefficient (Wildman–Crippen LogP) is 2.25. The van der Waals surface area contributed by atoms with Crippen LogP contribution in [0.1, 0.15) is 12.8 Å². The maximum atomic E-state index is 12.7. The molecule has 1 aromatic rings. The maximum Gasteiger partial charge on any atom is 0.321 e. The van der Waals surface area contributed by atoms with E-state index in [9.17, 15) is 9.59 Å². The summed E-state index contributed by atoms with van der Waals surface area (Å²) in [5.41, 5.74) is 0.619. The van der Waals surface area contributed by atoms with Gasteiger partial charge in [-0.15, -0.1) is 11.8 Å². The Morgan fingerprint density at radius 1 is 1.14 bits per heavy atom. The molecule has 1 N–H and O–H groups in total. The lowest BCUT2D eigenvalue weighted by Gasteiger charge is -2.43. The number of thioether (sulfide) groups is 1. The molecule has 0 aliphatic carbocycles. The molecule has 2 fully saturated rings. The topological polar surface area (TPSA) is 80.3 Å². The van der Waals surface area contributed by atoms with Gasteiger partial charge in [0.2, 0.25) is 5.91 Å². The van der Waals surface area contributed by atoms with Crippen molar-refractivity contribution >= 4 is 29.4 Å². The van der Waals surface area contributed by atoms with Crippen molar-refractivity contribution in [1.82, 2.24) is 9.80 Å². The first kappa shape index (κ1) is 20.6. The molecule has 1 spiro atoms. The number of benzene rings is 1. The van der Waals surface area contributed by atoms with E-state index < -0.39 is 0 Å². The summed E-state index contributed by atoms with van der Waals surface area (Å²) < 4.78 is 15.6.